The third-order valence-corrected chi connectivity index (χ3v) is 5.45. The van der Waals surface area contributed by atoms with Gasteiger partial charge >= 0.3 is 5.97 Å². The SMILES string of the molecule is CCCCCC(CCCCCC(O)CCCCCC(=O)O)OCc1ccccc1. The number of carboxylic acids is 1. The second kappa shape index (κ2) is 17.5. The molecule has 4 heteroatoms. The zero-order valence-corrected chi connectivity index (χ0v) is 18.4. The summed E-state index contributed by atoms with van der Waals surface area (Å²) < 4.78 is 6.20. The Kier molecular flexibility index (Phi) is 15.4. The minimum atomic E-state index is -0.730. The van der Waals surface area contributed by atoms with Crippen molar-refractivity contribution < 1.29 is 19.7 Å². The maximum atomic E-state index is 10.5. The molecule has 0 spiro atoms. The third kappa shape index (κ3) is 15.2. The van der Waals surface area contributed by atoms with E-state index >= 15 is 0 Å². The average molecular weight is 407 g/mol. The van der Waals surface area contributed by atoms with Crippen molar-refractivity contribution in [2.75, 3.05) is 0 Å². The molecule has 0 aromatic heterocycles. The van der Waals surface area contributed by atoms with Crippen LogP contribution in [-0.2, 0) is 16.1 Å². The van der Waals surface area contributed by atoms with Crippen LogP contribution in [0.2, 0.25) is 0 Å². The molecule has 0 bridgehead atoms. The third-order valence-electron chi connectivity index (χ3n) is 5.45. The highest BCUT2D eigenvalue weighted by atomic mass is 16.5. The first kappa shape index (κ1) is 25.6. The first-order chi connectivity index (χ1) is 14.1. The summed E-state index contributed by atoms with van der Waals surface area (Å²) in [7, 11) is 0. The van der Waals surface area contributed by atoms with E-state index in [0.29, 0.717) is 19.1 Å². The molecule has 1 aromatic rings. The quantitative estimate of drug-likeness (QED) is 0.257. The van der Waals surface area contributed by atoms with Crippen LogP contribution in [0.25, 0.3) is 0 Å². The Morgan fingerprint density at radius 3 is 2.07 bits per heavy atom. The zero-order chi connectivity index (χ0) is 21.2. The van der Waals surface area contributed by atoms with E-state index in [2.05, 4.69) is 31.2 Å². The average Bonchev–Trinajstić information content (AvgIpc) is 2.71. The van der Waals surface area contributed by atoms with Crippen molar-refractivity contribution in [3.05, 3.63) is 35.9 Å². The summed E-state index contributed by atoms with van der Waals surface area (Å²) in [6.07, 6.45) is 13.8. The molecule has 0 amide bonds. The Morgan fingerprint density at radius 2 is 1.45 bits per heavy atom. The number of carbonyl (C=O) groups is 1. The Labute approximate surface area is 177 Å². The maximum absolute atomic E-state index is 10.5. The van der Waals surface area contributed by atoms with Crippen LogP contribution in [0.1, 0.15) is 102 Å². The summed E-state index contributed by atoms with van der Waals surface area (Å²) in [5.41, 5.74) is 1.24. The van der Waals surface area contributed by atoms with Crippen molar-refractivity contribution >= 4 is 5.97 Å². The van der Waals surface area contributed by atoms with Gasteiger partial charge in [-0.1, -0.05) is 88.6 Å². The lowest BCUT2D eigenvalue weighted by Crippen LogP contribution is -2.13. The van der Waals surface area contributed by atoms with Gasteiger partial charge in [0.15, 0.2) is 0 Å². The second-order valence-electron chi connectivity index (χ2n) is 8.20. The van der Waals surface area contributed by atoms with Crippen molar-refractivity contribution in [1.29, 1.82) is 0 Å². The van der Waals surface area contributed by atoms with E-state index in [1.54, 1.807) is 0 Å². The van der Waals surface area contributed by atoms with Crippen molar-refractivity contribution in [3.63, 3.8) is 0 Å². The fraction of sp³-hybridized carbons (Fsp3) is 0.720. The van der Waals surface area contributed by atoms with Crippen molar-refractivity contribution in [1.82, 2.24) is 0 Å². The number of aliphatic carboxylic acids is 1. The van der Waals surface area contributed by atoms with E-state index in [1.165, 1.54) is 24.8 Å². The van der Waals surface area contributed by atoms with E-state index in [9.17, 15) is 9.90 Å². The van der Waals surface area contributed by atoms with E-state index in [4.69, 9.17) is 9.84 Å². The van der Waals surface area contributed by atoms with E-state index in [1.807, 2.05) is 6.07 Å². The lowest BCUT2D eigenvalue weighted by molar-refractivity contribution is -0.137. The molecule has 29 heavy (non-hydrogen) atoms. The Bertz CT molecular complexity index is 503. The first-order valence-corrected chi connectivity index (χ1v) is 11.7. The molecule has 0 radical (unpaired) electrons. The number of unbranched alkanes of at least 4 members (excludes halogenated alkanes) is 6. The largest absolute Gasteiger partial charge is 0.481 e. The van der Waals surface area contributed by atoms with Gasteiger partial charge in [0, 0.05) is 6.42 Å². The molecule has 166 valence electrons. The summed E-state index contributed by atoms with van der Waals surface area (Å²) >= 11 is 0. The van der Waals surface area contributed by atoms with Gasteiger partial charge in [-0.05, 0) is 37.7 Å². The number of rotatable bonds is 19. The molecule has 0 aliphatic heterocycles. The highest BCUT2D eigenvalue weighted by Crippen LogP contribution is 2.18. The molecule has 2 atom stereocenters. The van der Waals surface area contributed by atoms with Gasteiger partial charge in [0.05, 0.1) is 18.8 Å². The van der Waals surface area contributed by atoms with Gasteiger partial charge in [0.25, 0.3) is 0 Å². The van der Waals surface area contributed by atoms with Gasteiger partial charge in [-0.2, -0.15) is 0 Å². The summed E-state index contributed by atoms with van der Waals surface area (Å²) in [5.74, 6) is -0.730. The van der Waals surface area contributed by atoms with E-state index < -0.39 is 5.97 Å². The highest BCUT2D eigenvalue weighted by Gasteiger charge is 2.10. The molecule has 4 nitrogen and oxygen atoms in total. The molecular weight excluding hydrogens is 364 g/mol. The number of benzene rings is 1. The van der Waals surface area contributed by atoms with Crippen molar-refractivity contribution in [2.45, 2.75) is 116 Å². The number of hydrogen-bond donors (Lipinski definition) is 2. The van der Waals surface area contributed by atoms with Gasteiger partial charge in [-0.25, -0.2) is 0 Å². The van der Waals surface area contributed by atoms with Gasteiger partial charge in [-0.15, -0.1) is 0 Å². The number of hydrogen-bond acceptors (Lipinski definition) is 3. The molecule has 0 saturated heterocycles. The molecule has 1 aromatic carbocycles. The maximum Gasteiger partial charge on any atom is 0.303 e. The predicted molar refractivity (Wildman–Crippen MR) is 119 cm³/mol. The molecule has 2 N–H and O–H groups in total. The Balaban J connectivity index is 2.13. The lowest BCUT2D eigenvalue weighted by Gasteiger charge is -2.18. The van der Waals surface area contributed by atoms with E-state index in [-0.39, 0.29) is 12.5 Å². The molecule has 0 fully saturated rings. The van der Waals surface area contributed by atoms with Crippen molar-refractivity contribution in [2.24, 2.45) is 0 Å². The molecule has 0 heterocycles. The number of aliphatic hydroxyl groups is 1. The Hall–Kier alpha value is -1.39. The molecule has 1 rings (SSSR count). The zero-order valence-electron chi connectivity index (χ0n) is 18.4. The van der Waals surface area contributed by atoms with Gasteiger partial charge in [-0.3, -0.25) is 4.79 Å². The predicted octanol–water partition coefficient (Wildman–Crippen LogP) is 6.50. The van der Waals surface area contributed by atoms with Gasteiger partial charge < -0.3 is 14.9 Å². The Morgan fingerprint density at radius 1 is 0.862 bits per heavy atom. The highest BCUT2D eigenvalue weighted by molar-refractivity contribution is 5.66. The molecule has 2 unspecified atom stereocenters. The summed E-state index contributed by atoms with van der Waals surface area (Å²) in [4.78, 5) is 10.5. The van der Waals surface area contributed by atoms with Gasteiger partial charge in [0.2, 0.25) is 0 Å². The fourth-order valence-corrected chi connectivity index (χ4v) is 3.63. The van der Waals surface area contributed by atoms with Crippen molar-refractivity contribution in [3.8, 4) is 0 Å². The van der Waals surface area contributed by atoms with Crippen LogP contribution in [0.4, 0.5) is 0 Å². The van der Waals surface area contributed by atoms with Crippen LogP contribution in [0, 0.1) is 0 Å². The first-order valence-electron chi connectivity index (χ1n) is 11.7. The smallest absolute Gasteiger partial charge is 0.303 e. The number of ether oxygens (including phenoxy) is 1. The van der Waals surface area contributed by atoms with Crippen LogP contribution in [-0.4, -0.2) is 28.4 Å². The van der Waals surface area contributed by atoms with E-state index in [0.717, 1.165) is 57.8 Å². The molecule has 0 saturated carbocycles. The second-order valence-corrected chi connectivity index (χ2v) is 8.20. The summed E-state index contributed by atoms with van der Waals surface area (Å²) in [5, 5.41) is 18.7. The normalized spacial score (nSPS) is 13.3. The minimum absolute atomic E-state index is 0.238. The molecule has 0 aliphatic rings. The number of carboxylic acid groups (broad SMARTS) is 1. The standard InChI is InChI=1S/C25H42O4/c1-2-3-7-18-24(29-21-22-14-8-4-9-15-22)19-12-5-10-16-23(26)17-11-6-13-20-25(27)28/h4,8-9,14-15,23-24,26H,2-3,5-7,10-13,16-21H2,1H3,(H,27,28). The molecular formula is C25H42O4. The van der Waals surface area contributed by atoms with Crippen LogP contribution >= 0.6 is 0 Å². The van der Waals surface area contributed by atoms with Crippen LogP contribution in [0.3, 0.4) is 0 Å². The van der Waals surface area contributed by atoms with Crippen LogP contribution < -0.4 is 0 Å². The fourth-order valence-electron chi connectivity index (χ4n) is 3.63. The minimum Gasteiger partial charge on any atom is -0.481 e. The number of aliphatic hydroxyl groups excluding tert-OH is 1. The van der Waals surface area contributed by atoms with Crippen LogP contribution in [0.5, 0.6) is 0 Å². The molecule has 0 aliphatic carbocycles. The van der Waals surface area contributed by atoms with Gasteiger partial charge in [0.1, 0.15) is 0 Å². The topological polar surface area (TPSA) is 66.8 Å². The lowest BCUT2D eigenvalue weighted by atomic mass is 10.0. The monoisotopic (exact) mass is 406 g/mol. The summed E-state index contributed by atoms with van der Waals surface area (Å²) in [6.45, 7) is 2.93. The summed E-state index contributed by atoms with van der Waals surface area (Å²) in [6, 6.07) is 10.4. The van der Waals surface area contributed by atoms with Crippen LogP contribution in [0.15, 0.2) is 30.3 Å².